The van der Waals surface area contributed by atoms with Crippen molar-refractivity contribution in [1.82, 2.24) is 0 Å². The molecule has 2 aliphatic carbocycles. The lowest BCUT2D eigenvalue weighted by molar-refractivity contribution is 0.0535. The molecule has 4 nitrogen and oxygen atoms in total. The molecule has 3 atom stereocenters. The van der Waals surface area contributed by atoms with Gasteiger partial charge in [-0.1, -0.05) is 13.8 Å². The second kappa shape index (κ2) is 7.77. The molecule has 30 heavy (non-hydrogen) atoms. The number of Topliss-reactive ketones (excluding diaryl/α,β-unsaturated/α-hetero) is 1. The molecule has 0 saturated heterocycles. The van der Waals surface area contributed by atoms with Crippen LogP contribution in [0.25, 0.3) is 0 Å². The molecule has 5 heteroatoms. The summed E-state index contributed by atoms with van der Waals surface area (Å²) in [5.74, 6) is 2.34. The van der Waals surface area contributed by atoms with Crippen LogP contribution in [-0.4, -0.2) is 35.3 Å². The summed E-state index contributed by atoms with van der Waals surface area (Å²) in [6, 6.07) is 3.89. The van der Waals surface area contributed by atoms with Gasteiger partial charge in [0.25, 0.3) is 0 Å². The summed E-state index contributed by atoms with van der Waals surface area (Å²) in [6.45, 7) is 10.7. The van der Waals surface area contributed by atoms with E-state index in [0.717, 1.165) is 34.8 Å². The number of aryl methyl sites for hydroxylation is 3. The van der Waals surface area contributed by atoms with Crippen LogP contribution in [0.4, 0.5) is 0 Å². The molecule has 4 rings (SSSR count). The van der Waals surface area contributed by atoms with Crippen molar-refractivity contribution in [2.45, 2.75) is 65.9 Å². The number of hydrogen-bond acceptors (Lipinski definition) is 5. The van der Waals surface area contributed by atoms with Gasteiger partial charge in [-0.15, -0.1) is 11.3 Å². The van der Waals surface area contributed by atoms with Crippen LogP contribution in [0, 0.1) is 32.1 Å². The van der Waals surface area contributed by atoms with Gasteiger partial charge in [0.1, 0.15) is 18.5 Å². The molecule has 1 saturated carbocycles. The summed E-state index contributed by atoms with van der Waals surface area (Å²) in [6.07, 6.45) is 1.44. The van der Waals surface area contributed by atoms with Crippen molar-refractivity contribution in [3.05, 3.63) is 49.7 Å². The Bertz CT molecular complexity index is 964. The quantitative estimate of drug-likeness (QED) is 0.607. The summed E-state index contributed by atoms with van der Waals surface area (Å²) >= 11 is 1.70. The summed E-state index contributed by atoms with van der Waals surface area (Å²) < 4.78 is 5.58. The number of ether oxygens (including phenoxy) is 1. The number of aliphatic hydroxyl groups is 2. The monoisotopic (exact) mass is 428 g/mol. The summed E-state index contributed by atoms with van der Waals surface area (Å²) in [4.78, 5) is 15.4. The summed E-state index contributed by atoms with van der Waals surface area (Å²) in [5, 5.41) is 18.4. The zero-order valence-corrected chi connectivity index (χ0v) is 19.4. The molecular formula is C25H32O4S. The third-order valence-corrected chi connectivity index (χ3v) is 8.40. The average molecular weight is 429 g/mol. The van der Waals surface area contributed by atoms with Crippen LogP contribution < -0.4 is 4.74 Å². The third kappa shape index (κ3) is 3.61. The lowest BCUT2D eigenvalue weighted by Gasteiger charge is -2.15. The topological polar surface area (TPSA) is 66.8 Å². The van der Waals surface area contributed by atoms with Crippen LogP contribution in [0.15, 0.2) is 12.1 Å². The van der Waals surface area contributed by atoms with Gasteiger partial charge in [-0.2, -0.15) is 0 Å². The molecule has 2 aliphatic rings. The van der Waals surface area contributed by atoms with Crippen molar-refractivity contribution >= 4 is 17.1 Å². The largest absolute Gasteiger partial charge is 0.491 e. The molecular weight excluding hydrogens is 396 g/mol. The summed E-state index contributed by atoms with van der Waals surface area (Å²) in [7, 11) is 0. The lowest BCUT2D eigenvalue weighted by Crippen LogP contribution is -2.21. The lowest BCUT2D eigenvalue weighted by atomic mass is 9.93. The fourth-order valence-electron chi connectivity index (χ4n) is 5.39. The minimum absolute atomic E-state index is 0.0643. The predicted molar refractivity (Wildman–Crippen MR) is 120 cm³/mol. The van der Waals surface area contributed by atoms with Crippen LogP contribution in [0.2, 0.25) is 0 Å². The van der Waals surface area contributed by atoms with Crippen molar-refractivity contribution in [2.75, 3.05) is 13.2 Å². The van der Waals surface area contributed by atoms with Crippen molar-refractivity contribution in [3.63, 3.8) is 0 Å². The van der Waals surface area contributed by atoms with Crippen LogP contribution in [0.5, 0.6) is 5.75 Å². The first-order chi connectivity index (χ1) is 14.1. The minimum atomic E-state index is -0.879. The Balaban J connectivity index is 1.44. The van der Waals surface area contributed by atoms with Crippen molar-refractivity contribution in [1.29, 1.82) is 0 Å². The molecule has 0 spiro atoms. The van der Waals surface area contributed by atoms with Gasteiger partial charge in [-0.05, 0) is 90.8 Å². The predicted octanol–water partition coefficient (Wildman–Crippen LogP) is 4.52. The maximum atomic E-state index is 13.1. The van der Waals surface area contributed by atoms with Gasteiger partial charge >= 0.3 is 0 Å². The van der Waals surface area contributed by atoms with E-state index < -0.39 is 6.10 Å². The van der Waals surface area contributed by atoms with Gasteiger partial charge in [0.05, 0.1) is 11.5 Å². The number of ketones is 1. The molecule has 2 N–H and O–H groups in total. The Labute approximate surface area is 182 Å². The van der Waals surface area contributed by atoms with Crippen molar-refractivity contribution in [2.24, 2.45) is 11.3 Å². The molecule has 162 valence electrons. The van der Waals surface area contributed by atoms with Crippen LogP contribution in [0.1, 0.15) is 68.6 Å². The zero-order chi connectivity index (χ0) is 21.8. The fraction of sp³-hybridized carbons (Fsp3) is 0.560. The number of thiophene rings is 1. The van der Waals surface area contributed by atoms with Crippen LogP contribution in [0.3, 0.4) is 0 Å². The molecule has 0 radical (unpaired) electrons. The van der Waals surface area contributed by atoms with E-state index in [2.05, 4.69) is 20.8 Å². The normalized spacial score (nSPS) is 21.8. The van der Waals surface area contributed by atoms with Gasteiger partial charge in [0.15, 0.2) is 5.78 Å². The van der Waals surface area contributed by atoms with Gasteiger partial charge in [-0.25, -0.2) is 0 Å². The highest BCUT2D eigenvalue weighted by Gasteiger charge is 2.63. The molecule has 1 heterocycles. The van der Waals surface area contributed by atoms with E-state index in [1.165, 1.54) is 21.6 Å². The van der Waals surface area contributed by atoms with E-state index in [9.17, 15) is 9.90 Å². The van der Waals surface area contributed by atoms with E-state index in [1.807, 2.05) is 26.0 Å². The maximum Gasteiger partial charge on any atom is 0.173 e. The van der Waals surface area contributed by atoms with Crippen molar-refractivity contribution in [3.8, 4) is 5.75 Å². The Morgan fingerprint density at radius 1 is 1.27 bits per heavy atom. The highest BCUT2D eigenvalue weighted by Crippen LogP contribution is 2.71. The van der Waals surface area contributed by atoms with E-state index in [4.69, 9.17) is 9.84 Å². The SMILES string of the molecule is Cc1cc(OC[C@@H](O)CO)cc(C)c1CCC(=O)c1sc(C)c2c1C[C@@H]1[C@H]2C1(C)C. The van der Waals surface area contributed by atoms with E-state index >= 15 is 0 Å². The third-order valence-electron chi connectivity index (χ3n) is 7.20. The Hall–Kier alpha value is -1.69. The highest BCUT2D eigenvalue weighted by atomic mass is 32.1. The van der Waals surface area contributed by atoms with E-state index in [-0.39, 0.29) is 19.0 Å². The van der Waals surface area contributed by atoms with Crippen LogP contribution >= 0.6 is 11.3 Å². The number of carbonyl (C=O) groups is 1. The smallest absolute Gasteiger partial charge is 0.173 e. The van der Waals surface area contributed by atoms with Gasteiger partial charge in [0, 0.05) is 11.3 Å². The number of rotatable bonds is 8. The molecule has 1 aromatic heterocycles. The number of fused-ring (bicyclic) bond motifs is 3. The molecule has 0 bridgehead atoms. The second-order valence-corrected chi connectivity index (χ2v) is 10.8. The first-order valence-electron chi connectivity index (χ1n) is 10.8. The van der Waals surface area contributed by atoms with Gasteiger partial charge in [-0.3, -0.25) is 4.79 Å². The number of hydrogen-bond donors (Lipinski definition) is 2. The zero-order valence-electron chi connectivity index (χ0n) is 18.5. The first-order valence-corrected chi connectivity index (χ1v) is 11.6. The van der Waals surface area contributed by atoms with E-state index in [0.29, 0.717) is 23.5 Å². The van der Waals surface area contributed by atoms with Gasteiger partial charge in [0.2, 0.25) is 0 Å². The molecule has 1 fully saturated rings. The molecule has 0 aliphatic heterocycles. The Morgan fingerprint density at radius 3 is 2.57 bits per heavy atom. The van der Waals surface area contributed by atoms with Gasteiger partial charge < -0.3 is 14.9 Å². The molecule has 1 aromatic carbocycles. The number of aliphatic hydroxyl groups excluding tert-OH is 2. The summed E-state index contributed by atoms with van der Waals surface area (Å²) in [5.41, 5.74) is 6.60. The van der Waals surface area contributed by atoms with Crippen LogP contribution in [-0.2, 0) is 12.8 Å². The Morgan fingerprint density at radius 2 is 1.93 bits per heavy atom. The number of carbonyl (C=O) groups excluding carboxylic acids is 1. The molecule has 0 unspecified atom stereocenters. The highest BCUT2D eigenvalue weighted by molar-refractivity contribution is 7.14. The average Bonchev–Trinajstić information content (AvgIpc) is 3.02. The van der Waals surface area contributed by atoms with Crippen molar-refractivity contribution < 1.29 is 19.7 Å². The number of benzene rings is 1. The Kier molecular flexibility index (Phi) is 5.58. The minimum Gasteiger partial charge on any atom is -0.491 e. The maximum absolute atomic E-state index is 13.1. The standard InChI is InChI=1S/C25H32O4S/c1-13-8-17(29-12-16(27)11-26)9-14(2)18(13)6-7-21(28)24-19-10-20-23(25(20,4)5)22(19)15(3)30-24/h8-9,16,20,23,26-27H,6-7,10-12H2,1-5H3/t16-,20+,23+/m0/s1. The fourth-order valence-corrected chi connectivity index (χ4v) is 6.58. The molecule has 0 amide bonds. The molecule has 2 aromatic rings. The second-order valence-electron chi connectivity index (χ2n) is 9.60. The van der Waals surface area contributed by atoms with E-state index in [1.54, 1.807) is 11.3 Å². The first kappa shape index (κ1) is 21.5.